The molecule has 0 unspecified atom stereocenters. The molecule has 0 radical (unpaired) electrons. The molecular weight excluding hydrogens is 292 g/mol. The summed E-state index contributed by atoms with van der Waals surface area (Å²) in [6, 6.07) is 5.89. The summed E-state index contributed by atoms with van der Waals surface area (Å²) < 4.78 is 6.94. The second-order valence-corrected chi connectivity index (χ2v) is 5.17. The van der Waals surface area contributed by atoms with E-state index in [-0.39, 0.29) is 0 Å². The van der Waals surface area contributed by atoms with E-state index in [0.29, 0.717) is 6.54 Å². The fraction of sp³-hybridized carbons (Fsp3) is 0.125. The van der Waals surface area contributed by atoms with Gasteiger partial charge in [-0.25, -0.2) is 15.0 Å². The molecule has 4 rings (SSSR count). The Bertz CT molecular complexity index is 927. The van der Waals surface area contributed by atoms with Crippen LogP contribution < -0.4 is 5.32 Å². The van der Waals surface area contributed by atoms with Gasteiger partial charge >= 0.3 is 0 Å². The lowest BCUT2D eigenvalue weighted by Crippen LogP contribution is -2.03. The largest absolute Gasteiger partial charge is 0.472 e. The number of nitrogens with one attached hydrogen (secondary N) is 1. The number of fused-ring (bicyclic) bond motifs is 1. The summed E-state index contributed by atoms with van der Waals surface area (Å²) in [4.78, 5) is 17.3. The van der Waals surface area contributed by atoms with Crippen LogP contribution in [-0.2, 0) is 13.6 Å². The van der Waals surface area contributed by atoms with Gasteiger partial charge in [-0.15, -0.1) is 0 Å². The summed E-state index contributed by atoms with van der Waals surface area (Å²) in [6.45, 7) is 0.612. The van der Waals surface area contributed by atoms with E-state index in [9.17, 15) is 0 Å². The van der Waals surface area contributed by atoms with E-state index in [2.05, 4.69) is 25.3 Å². The van der Waals surface area contributed by atoms with Crippen molar-refractivity contribution in [3.8, 4) is 11.3 Å². The van der Waals surface area contributed by atoms with Gasteiger partial charge in [-0.1, -0.05) is 6.07 Å². The molecule has 0 bridgehead atoms. The maximum atomic E-state index is 5.07. The lowest BCUT2D eigenvalue weighted by molar-refractivity contribution is 0.568. The van der Waals surface area contributed by atoms with Crippen molar-refractivity contribution in [2.24, 2.45) is 7.05 Å². The van der Waals surface area contributed by atoms with Crippen LogP contribution in [0.2, 0.25) is 0 Å². The summed E-state index contributed by atoms with van der Waals surface area (Å²) in [6.07, 6.45) is 8.42. The highest BCUT2D eigenvalue weighted by molar-refractivity contribution is 5.82. The van der Waals surface area contributed by atoms with Crippen LogP contribution in [-0.4, -0.2) is 24.5 Å². The highest BCUT2D eigenvalue weighted by atomic mass is 16.3. The third-order valence-corrected chi connectivity index (χ3v) is 3.60. The number of hydrogen-bond donors (Lipinski definition) is 1. The lowest BCUT2D eigenvalue weighted by atomic mass is 10.2. The van der Waals surface area contributed by atoms with E-state index in [1.807, 2.05) is 36.0 Å². The summed E-state index contributed by atoms with van der Waals surface area (Å²) in [5.41, 5.74) is 4.47. The summed E-state index contributed by atoms with van der Waals surface area (Å²) >= 11 is 0. The van der Waals surface area contributed by atoms with Gasteiger partial charge in [0.05, 0.1) is 24.5 Å². The topological polar surface area (TPSA) is 81.7 Å². The first-order valence-corrected chi connectivity index (χ1v) is 7.14. The minimum absolute atomic E-state index is 0.612. The molecule has 4 heterocycles. The number of pyridine rings is 1. The minimum Gasteiger partial charge on any atom is -0.472 e. The van der Waals surface area contributed by atoms with Crippen molar-refractivity contribution in [1.29, 1.82) is 0 Å². The quantitative estimate of drug-likeness (QED) is 0.624. The third-order valence-electron chi connectivity index (χ3n) is 3.60. The molecule has 7 nitrogen and oxygen atoms in total. The Morgan fingerprint density at radius 1 is 1.13 bits per heavy atom. The van der Waals surface area contributed by atoms with Crippen LogP contribution in [0.1, 0.15) is 5.56 Å². The van der Waals surface area contributed by atoms with Crippen molar-refractivity contribution in [1.82, 2.24) is 24.5 Å². The molecule has 4 aromatic rings. The standard InChI is InChI=1S/C16H14N6O/c1-22-10-21-14-15(19-9-20-16(14)22)18-7-11-2-3-13(17-6-11)12-4-5-23-8-12/h2-6,8-10H,7H2,1H3,(H,18,19,20). The van der Waals surface area contributed by atoms with Gasteiger partial charge in [0.25, 0.3) is 0 Å². The molecule has 0 aliphatic heterocycles. The van der Waals surface area contributed by atoms with E-state index in [0.717, 1.165) is 33.8 Å². The minimum atomic E-state index is 0.612. The molecular formula is C16H14N6O. The Balaban J connectivity index is 1.52. The first-order valence-electron chi connectivity index (χ1n) is 7.14. The van der Waals surface area contributed by atoms with E-state index < -0.39 is 0 Å². The van der Waals surface area contributed by atoms with Crippen molar-refractivity contribution < 1.29 is 4.42 Å². The number of furan rings is 1. The molecule has 114 valence electrons. The van der Waals surface area contributed by atoms with Gasteiger partial charge in [-0.3, -0.25) is 4.98 Å². The average Bonchev–Trinajstić information content (AvgIpc) is 3.24. The predicted molar refractivity (Wildman–Crippen MR) is 85.6 cm³/mol. The maximum absolute atomic E-state index is 5.07. The monoisotopic (exact) mass is 306 g/mol. The van der Waals surface area contributed by atoms with Crippen molar-refractivity contribution in [2.75, 3.05) is 5.32 Å². The molecule has 4 aromatic heterocycles. The second kappa shape index (κ2) is 5.53. The molecule has 0 saturated heterocycles. The zero-order chi connectivity index (χ0) is 15.6. The van der Waals surface area contributed by atoms with Gasteiger partial charge in [0, 0.05) is 25.4 Å². The van der Waals surface area contributed by atoms with Gasteiger partial charge in [0.1, 0.15) is 11.8 Å². The molecule has 7 heteroatoms. The Labute approximate surface area is 132 Å². The normalized spacial score (nSPS) is 11.0. The molecule has 0 aromatic carbocycles. The number of hydrogen-bond acceptors (Lipinski definition) is 6. The molecule has 23 heavy (non-hydrogen) atoms. The van der Waals surface area contributed by atoms with Crippen LogP contribution in [0.5, 0.6) is 0 Å². The third kappa shape index (κ3) is 2.52. The summed E-state index contributed by atoms with van der Waals surface area (Å²) in [7, 11) is 1.91. The Morgan fingerprint density at radius 3 is 2.87 bits per heavy atom. The van der Waals surface area contributed by atoms with Crippen molar-refractivity contribution in [3.63, 3.8) is 0 Å². The highest BCUT2D eigenvalue weighted by Crippen LogP contribution is 2.19. The van der Waals surface area contributed by atoms with Crippen molar-refractivity contribution in [3.05, 3.63) is 55.1 Å². The molecule has 0 saturated carbocycles. The molecule has 0 aliphatic carbocycles. The van der Waals surface area contributed by atoms with Gasteiger partial charge < -0.3 is 14.3 Å². The maximum Gasteiger partial charge on any atom is 0.165 e. The molecule has 0 aliphatic rings. The smallest absolute Gasteiger partial charge is 0.165 e. The Kier molecular flexibility index (Phi) is 3.23. The molecule has 0 spiro atoms. The van der Waals surface area contributed by atoms with Crippen molar-refractivity contribution >= 4 is 17.0 Å². The van der Waals surface area contributed by atoms with Crippen LogP contribution in [0.25, 0.3) is 22.4 Å². The van der Waals surface area contributed by atoms with Crippen LogP contribution in [0.4, 0.5) is 5.82 Å². The van der Waals surface area contributed by atoms with E-state index in [4.69, 9.17) is 4.42 Å². The van der Waals surface area contributed by atoms with Gasteiger partial charge in [-0.05, 0) is 17.7 Å². The van der Waals surface area contributed by atoms with E-state index >= 15 is 0 Å². The number of anilines is 1. The summed E-state index contributed by atoms with van der Waals surface area (Å²) in [5.74, 6) is 0.717. The number of nitrogens with zero attached hydrogens (tertiary/aromatic N) is 5. The Hall–Kier alpha value is -3.22. The van der Waals surface area contributed by atoms with Crippen LogP contribution >= 0.6 is 0 Å². The molecule has 1 N–H and O–H groups in total. The highest BCUT2D eigenvalue weighted by Gasteiger charge is 2.08. The number of rotatable bonds is 4. The van der Waals surface area contributed by atoms with Gasteiger partial charge in [0.15, 0.2) is 11.5 Å². The molecule has 0 fully saturated rings. The molecule has 0 atom stereocenters. The van der Waals surface area contributed by atoms with Gasteiger partial charge in [-0.2, -0.15) is 0 Å². The van der Waals surface area contributed by atoms with Crippen molar-refractivity contribution in [2.45, 2.75) is 6.54 Å². The first kappa shape index (κ1) is 13.4. The Morgan fingerprint density at radius 2 is 2.09 bits per heavy atom. The van der Waals surface area contributed by atoms with Crippen LogP contribution in [0.15, 0.2) is 54.0 Å². The zero-order valence-corrected chi connectivity index (χ0v) is 12.5. The number of aromatic nitrogens is 5. The number of aryl methyl sites for hydroxylation is 1. The fourth-order valence-electron chi connectivity index (χ4n) is 2.37. The fourth-order valence-corrected chi connectivity index (χ4v) is 2.37. The zero-order valence-electron chi connectivity index (χ0n) is 12.5. The van der Waals surface area contributed by atoms with Crippen LogP contribution in [0, 0.1) is 0 Å². The lowest BCUT2D eigenvalue weighted by Gasteiger charge is -2.06. The first-order chi connectivity index (χ1) is 11.3. The summed E-state index contributed by atoms with van der Waals surface area (Å²) in [5, 5.41) is 3.29. The van der Waals surface area contributed by atoms with Crippen LogP contribution in [0.3, 0.4) is 0 Å². The predicted octanol–water partition coefficient (Wildman–Crippen LogP) is 2.63. The molecule has 0 amide bonds. The SMILES string of the molecule is Cn1cnc2c(NCc3ccc(-c4ccoc4)nc3)ncnc21. The van der Waals surface area contributed by atoms with E-state index in [1.54, 1.807) is 18.9 Å². The van der Waals surface area contributed by atoms with Gasteiger partial charge in [0.2, 0.25) is 0 Å². The van der Waals surface area contributed by atoms with E-state index in [1.165, 1.54) is 6.33 Å². The number of imidazole rings is 1. The second-order valence-electron chi connectivity index (χ2n) is 5.17. The average molecular weight is 306 g/mol.